The van der Waals surface area contributed by atoms with Crippen LogP contribution in [0.3, 0.4) is 0 Å². The molecule has 6 nitrogen and oxygen atoms in total. The van der Waals surface area contributed by atoms with Crippen LogP contribution >= 0.6 is 0 Å². The van der Waals surface area contributed by atoms with E-state index in [9.17, 15) is 0 Å². The molecule has 55 heavy (non-hydrogen) atoms. The van der Waals surface area contributed by atoms with E-state index in [0.717, 1.165) is 0 Å². The van der Waals surface area contributed by atoms with Crippen LogP contribution in [0.4, 0.5) is 0 Å². The first-order valence-corrected chi connectivity index (χ1v) is 24.9. The van der Waals surface area contributed by atoms with Crippen molar-refractivity contribution in [2.24, 2.45) is 10.4 Å². The minimum absolute atomic E-state index is 0.316. The third kappa shape index (κ3) is 5.63. The lowest BCUT2D eigenvalue weighted by Crippen LogP contribution is -2.94. The second-order valence-electron chi connectivity index (χ2n) is 16.4. The first-order valence-electron chi connectivity index (χ1n) is 19.2. The van der Waals surface area contributed by atoms with Gasteiger partial charge in [0.2, 0.25) is 0 Å². The van der Waals surface area contributed by atoms with Gasteiger partial charge in [-0.2, -0.15) is 0 Å². The fraction of sp³-hybridized carbons (Fsp3) is 0.174. The van der Waals surface area contributed by atoms with E-state index in [4.69, 9.17) is 10.4 Å². The van der Waals surface area contributed by atoms with Gasteiger partial charge >= 0.3 is 8.72 Å². The Morgan fingerprint density at radius 1 is 0.345 bits per heavy atom. The monoisotopic (exact) mass is 770 g/mol. The zero-order chi connectivity index (χ0) is 38.3. The standard InChI is InChI=1S/C46H50N6Si3/c1-45(2,3)49-37-38-50(46(4,5)6)55(49)51(53(39-25-13-7-14-26-39,40-27-15-8-16-28-40)41-29-17-9-18-30-41)47-48-52(55)54(42-31-19-10-20-32-42,43-33-21-11-22-34-43)44-35-23-12-24-36-44/h7-38H,1-6H3. The molecule has 0 saturated heterocycles. The smallest absolute Gasteiger partial charge is 0.346 e. The summed E-state index contributed by atoms with van der Waals surface area (Å²) in [5.41, 5.74) is -0.633. The number of benzene rings is 6. The van der Waals surface area contributed by atoms with Crippen molar-refractivity contribution in [3.8, 4) is 0 Å². The van der Waals surface area contributed by atoms with Crippen molar-refractivity contribution in [3.63, 3.8) is 0 Å². The third-order valence-corrected chi connectivity index (χ3v) is 27.6. The molecule has 0 bridgehead atoms. The van der Waals surface area contributed by atoms with Crippen LogP contribution in [0.5, 0.6) is 0 Å². The summed E-state index contributed by atoms with van der Waals surface area (Å²) in [6, 6.07) is 67.0. The summed E-state index contributed by atoms with van der Waals surface area (Å²) < 4.78 is 10.6. The van der Waals surface area contributed by atoms with Crippen LogP contribution in [-0.2, 0) is 0 Å². The topological polar surface area (TPSA) is 37.7 Å². The second kappa shape index (κ2) is 14.0. The Balaban J connectivity index is 1.59. The Morgan fingerprint density at radius 3 is 0.727 bits per heavy atom. The summed E-state index contributed by atoms with van der Waals surface area (Å²) in [6.07, 6.45) is 4.71. The Bertz CT molecular complexity index is 1910. The molecule has 0 N–H and O–H groups in total. The molecule has 0 unspecified atom stereocenters. The average Bonchev–Trinajstić information content (AvgIpc) is 3.81. The maximum atomic E-state index is 5.74. The zero-order valence-corrected chi connectivity index (χ0v) is 35.7. The van der Waals surface area contributed by atoms with Gasteiger partial charge in [-0.1, -0.05) is 192 Å². The van der Waals surface area contributed by atoms with Crippen molar-refractivity contribution in [1.82, 2.24) is 17.8 Å². The van der Waals surface area contributed by atoms with Gasteiger partial charge in [-0.15, -0.1) is 0 Å². The molecule has 0 fully saturated rings. The number of nitrogens with zero attached hydrogens (tertiary/aromatic N) is 6. The van der Waals surface area contributed by atoms with Gasteiger partial charge in [-0.3, -0.25) is 8.68 Å². The Labute approximate surface area is 330 Å². The summed E-state index contributed by atoms with van der Waals surface area (Å²) in [5, 5.41) is 19.1. The van der Waals surface area contributed by atoms with Gasteiger partial charge in [-0.25, -0.2) is 0 Å². The summed E-state index contributed by atoms with van der Waals surface area (Å²) in [4.78, 5) is 0. The molecule has 8 rings (SSSR count). The Kier molecular flexibility index (Phi) is 9.27. The van der Waals surface area contributed by atoms with Gasteiger partial charge in [0.05, 0.1) is 0 Å². The van der Waals surface area contributed by atoms with Crippen molar-refractivity contribution in [3.05, 3.63) is 194 Å². The maximum absolute atomic E-state index is 5.74. The predicted octanol–water partition coefficient (Wildman–Crippen LogP) is 6.34. The highest BCUT2D eigenvalue weighted by atomic mass is 28.5. The van der Waals surface area contributed by atoms with E-state index in [1.165, 1.54) is 31.1 Å². The van der Waals surface area contributed by atoms with Crippen molar-refractivity contribution >= 4 is 56.3 Å². The van der Waals surface area contributed by atoms with Crippen LogP contribution in [0.15, 0.2) is 205 Å². The van der Waals surface area contributed by atoms with E-state index >= 15 is 0 Å². The van der Waals surface area contributed by atoms with E-state index in [0.29, 0.717) is 0 Å². The van der Waals surface area contributed by atoms with Crippen LogP contribution in [-0.4, -0.2) is 54.1 Å². The summed E-state index contributed by atoms with van der Waals surface area (Å²) in [5.74, 6) is 0. The number of hydrogen-bond acceptors (Lipinski definition) is 6. The molecule has 9 heteroatoms. The van der Waals surface area contributed by atoms with E-state index in [1.54, 1.807) is 0 Å². The lowest BCUT2D eigenvalue weighted by atomic mass is 10.1. The highest BCUT2D eigenvalue weighted by molar-refractivity contribution is 7.18. The highest BCUT2D eigenvalue weighted by Crippen LogP contribution is 2.47. The van der Waals surface area contributed by atoms with Crippen LogP contribution in [0.1, 0.15) is 41.5 Å². The van der Waals surface area contributed by atoms with Gasteiger partial charge in [-0.05, 0) is 72.7 Å². The Morgan fingerprint density at radius 2 is 0.545 bits per heavy atom. The first-order chi connectivity index (χ1) is 26.6. The summed E-state index contributed by atoms with van der Waals surface area (Å²) >= 11 is 0. The van der Waals surface area contributed by atoms with E-state index in [-0.39, 0.29) is 11.1 Å². The molecule has 6 aromatic carbocycles. The average molecular weight is 771 g/mol. The molecule has 6 aromatic rings. The molecule has 2 aliphatic heterocycles. The number of hydrogen-bond donors (Lipinski definition) is 0. The molecule has 0 saturated carbocycles. The lowest BCUT2D eigenvalue weighted by Gasteiger charge is -2.60. The maximum Gasteiger partial charge on any atom is 0.523 e. The van der Waals surface area contributed by atoms with Gasteiger partial charge in [0.15, 0.2) is 0 Å². The van der Waals surface area contributed by atoms with Crippen molar-refractivity contribution in [2.75, 3.05) is 0 Å². The van der Waals surface area contributed by atoms with Gasteiger partial charge < -0.3 is 9.13 Å². The summed E-state index contributed by atoms with van der Waals surface area (Å²) in [7, 11) is -10.2. The molecule has 0 aliphatic carbocycles. The minimum atomic E-state index is -3.61. The van der Waals surface area contributed by atoms with Crippen LogP contribution < -0.4 is 31.1 Å². The Hall–Kier alpha value is -5.49. The second-order valence-corrected chi connectivity index (χ2v) is 27.5. The van der Waals surface area contributed by atoms with Crippen LogP contribution in [0.25, 0.3) is 0 Å². The quantitative estimate of drug-likeness (QED) is 0.134. The molecule has 2 aliphatic rings. The van der Waals surface area contributed by atoms with E-state index < -0.39 is 25.2 Å². The predicted molar refractivity (Wildman–Crippen MR) is 235 cm³/mol. The fourth-order valence-corrected chi connectivity index (χ4v) is 28.7. The molecule has 0 atom stereocenters. The first kappa shape index (κ1) is 36.5. The molecule has 276 valence electrons. The molecule has 0 amide bonds. The van der Waals surface area contributed by atoms with E-state index in [1.807, 2.05) is 0 Å². The molecule has 1 spiro atoms. The SMILES string of the molecule is CC(C)(C)N1C=CN(C(C)(C)C)[Si]12N([Si](c1ccccc1)(c1ccccc1)c1ccccc1)N=NN2[Si](c1ccccc1)(c1ccccc1)c1ccccc1. The molecule has 0 radical (unpaired) electrons. The third-order valence-electron chi connectivity index (χ3n) is 11.0. The van der Waals surface area contributed by atoms with Gasteiger partial charge in [0.1, 0.15) is 0 Å². The van der Waals surface area contributed by atoms with Crippen molar-refractivity contribution < 1.29 is 0 Å². The molecular formula is C46H50N6Si3. The molecular weight excluding hydrogens is 721 g/mol. The summed E-state index contributed by atoms with van der Waals surface area (Å²) in [6.45, 7) is 14.1. The largest absolute Gasteiger partial charge is 0.523 e. The number of rotatable bonds is 8. The van der Waals surface area contributed by atoms with Gasteiger partial charge in [0, 0.05) is 23.5 Å². The zero-order valence-electron chi connectivity index (χ0n) is 32.7. The van der Waals surface area contributed by atoms with E-state index in [2.05, 4.69) is 254 Å². The fourth-order valence-electron chi connectivity index (χ4n) is 8.89. The minimum Gasteiger partial charge on any atom is -0.346 e. The van der Waals surface area contributed by atoms with Crippen LogP contribution in [0.2, 0.25) is 0 Å². The normalized spacial score (nSPS) is 15.7. The molecule has 2 heterocycles. The lowest BCUT2D eigenvalue weighted by molar-refractivity contribution is 0.216. The van der Waals surface area contributed by atoms with Crippen molar-refractivity contribution in [2.45, 2.75) is 52.6 Å². The van der Waals surface area contributed by atoms with Crippen LogP contribution in [0, 0.1) is 0 Å². The highest BCUT2D eigenvalue weighted by Gasteiger charge is 2.76. The van der Waals surface area contributed by atoms with Crippen molar-refractivity contribution in [1.29, 1.82) is 0 Å². The molecule has 0 aromatic heterocycles. The van der Waals surface area contributed by atoms with Gasteiger partial charge in [0.25, 0.3) is 16.5 Å².